The number of nitrogens with one attached hydrogen (secondary N) is 2. The van der Waals surface area contributed by atoms with Crippen LogP contribution in [0.15, 0.2) is 30.5 Å². The number of nitrogens with zero attached hydrogens (tertiary/aromatic N) is 1. The first-order valence-electron chi connectivity index (χ1n) is 10.5. The van der Waals surface area contributed by atoms with Gasteiger partial charge in [-0.05, 0) is 32.1 Å². The van der Waals surface area contributed by atoms with Gasteiger partial charge in [0, 0.05) is 28.8 Å². The van der Waals surface area contributed by atoms with E-state index in [4.69, 9.17) is 4.74 Å². The predicted molar refractivity (Wildman–Crippen MR) is 125 cm³/mol. The average Bonchev–Trinajstić information content (AvgIpc) is 3.13. The number of aromatic amines is 1. The van der Waals surface area contributed by atoms with E-state index in [1.54, 1.807) is 4.90 Å². The summed E-state index contributed by atoms with van der Waals surface area (Å²) in [5.74, 6) is -1.23. The minimum absolute atomic E-state index is 0.0382. The Labute approximate surface area is 189 Å². The van der Waals surface area contributed by atoms with Gasteiger partial charge in [0.1, 0.15) is 0 Å². The molecule has 1 amide bonds. The summed E-state index contributed by atoms with van der Waals surface area (Å²) in [5.41, 5.74) is 1.96. The van der Waals surface area contributed by atoms with E-state index in [1.807, 2.05) is 51.5 Å². The summed E-state index contributed by atoms with van der Waals surface area (Å²) in [4.78, 5) is 42.8. The molecule has 3 unspecified atom stereocenters. The topological polar surface area (TPSA) is 91.5 Å². The van der Waals surface area contributed by atoms with Crippen LogP contribution in [0.5, 0.6) is 0 Å². The van der Waals surface area contributed by atoms with Crippen molar-refractivity contribution >= 4 is 41.2 Å². The minimum Gasteiger partial charge on any atom is -0.469 e. The fourth-order valence-corrected chi connectivity index (χ4v) is 4.11. The van der Waals surface area contributed by atoms with Crippen LogP contribution in [-0.2, 0) is 25.5 Å². The standard InChI is InChI=1S/C23H33N3O4S/c1-5-8-17(21(31)12-22(28)30-4)23(29)25-19(20(27)14-26(2)3)11-15-13-24-18-10-7-6-9-16(15)18/h6-7,9-10,13,17,19,21,24,31H,5,8,11-12,14H2,1-4H3,(H,25,29). The van der Waals surface area contributed by atoms with E-state index in [1.165, 1.54) is 7.11 Å². The van der Waals surface area contributed by atoms with Gasteiger partial charge in [0.05, 0.1) is 32.0 Å². The molecule has 2 aromatic rings. The summed E-state index contributed by atoms with van der Waals surface area (Å²) in [6.07, 6.45) is 3.63. The lowest BCUT2D eigenvalue weighted by molar-refractivity contribution is -0.141. The molecule has 170 valence electrons. The minimum atomic E-state index is -0.674. The molecule has 0 aliphatic carbocycles. The van der Waals surface area contributed by atoms with Crippen LogP contribution < -0.4 is 5.32 Å². The Morgan fingerprint density at radius 3 is 2.58 bits per heavy atom. The van der Waals surface area contributed by atoms with Crippen LogP contribution in [0, 0.1) is 5.92 Å². The highest BCUT2D eigenvalue weighted by molar-refractivity contribution is 7.81. The van der Waals surface area contributed by atoms with Crippen LogP contribution in [0.3, 0.4) is 0 Å². The molecule has 3 atom stereocenters. The average molecular weight is 448 g/mol. The maximum absolute atomic E-state index is 13.2. The Morgan fingerprint density at radius 1 is 1.23 bits per heavy atom. The van der Waals surface area contributed by atoms with Crippen molar-refractivity contribution in [2.24, 2.45) is 5.92 Å². The number of methoxy groups -OCH3 is 1. The highest BCUT2D eigenvalue weighted by atomic mass is 32.1. The quantitative estimate of drug-likeness (QED) is 0.344. The fraction of sp³-hybridized carbons (Fsp3) is 0.522. The Kier molecular flexibility index (Phi) is 9.58. The van der Waals surface area contributed by atoms with Gasteiger partial charge < -0.3 is 19.9 Å². The first kappa shape index (κ1) is 24.9. The number of carbonyl (C=O) groups is 3. The molecule has 0 aliphatic heterocycles. The number of ketones is 1. The second kappa shape index (κ2) is 11.9. The Morgan fingerprint density at radius 2 is 1.94 bits per heavy atom. The van der Waals surface area contributed by atoms with Crippen LogP contribution in [0.4, 0.5) is 0 Å². The highest BCUT2D eigenvalue weighted by Gasteiger charge is 2.31. The van der Waals surface area contributed by atoms with Crippen LogP contribution in [0.1, 0.15) is 31.7 Å². The number of hydrogen-bond acceptors (Lipinski definition) is 6. The molecular formula is C23H33N3O4S. The molecule has 31 heavy (non-hydrogen) atoms. The van der Waals surface area contributed by atoms with E-state index >= 15 is 0 Å². The number of rotatable bonds is 12. The number of Topliss-reactive ketones (excluding diaryl/α,β-unsaturated/α-hetero) is 1. The summed E-state index contributed by atoms with van der Waals surface area (Å²) < 4.78 is 4.72. The molecule has 0 saturated carbocycles. The number of ether oxygens (including phenoxy) is 1. The van der Waals surface area contributed by atoms with Crippen molar-refractivity contribution in [2.45, 2.75) is 43.9 Å². The number of carbonyl (C=O) groups excluding carboxylic acids is 3. The van der Waals surface area contributed by atoms with Crippen LogP contribution >= 0.6 is 12.6 Å². The lowest BCUT2D eigenvalue weighted by Gasteiger charge is -2.25. The van der Waals surface area contributed by atoms with Gasteiger partial charge in [-0.15, -0.1) is 0 Å². The maximum Gasteiger partial charge on any atom is 0.306 e. The fourth-order valence-electron chi connectivity index (χ4n) is 3.67. The van der Waals surface area contributed by atoms with Gasteiger partial charge >= 0.3 is 5.97 Å². The number of benzene rings is 1. The van der Waals surface area contributed by atoms with Crippen LogP contribution in [0.2, 0.25) is 0 Å². The monoisotopic (exact) mass is 447 g/mol. The Hall–Kier alpha value is -2.32. The zero-order chi connectivity index (χ0) is 23.0. The molecule has 2 rings (SSSR count). The molecular weight excluding hydrogens is 414 g/mol. The molecule has 1 aromatic carbocycles. The van der Waals surface area contributed by atoms with E-state index in [-0.39, 0.29) is 24.7 Å². The predicted octanol–water partition coefficient (Wildman–Crippen LogP) is 2.60. The summed E-state index contributed by atoms with van der Waals surface area (Å²) in [7, 11) is 4.96. The molecule has 0 bridgehead atoms. The zero-order valence-corrected chi connectivity index (χ0v) is 19.6. The third kappa shape index (κ3) is 7.11. The SMILES string of the molecule is CCCC(C(=O)NC(Cc1c[nH]c2ccccc12)C(=O)CN(C)C)C(S)CC(=O)OC. The van der Waals surface area contributed by atoms with Gasteiger partial charge in [0.15, 0.2) is 5.78 Å². The highest BCUT2D eigenvalue weighted by Crippen LogP contribution is 2.22. The van der Waals surface area contributed by atoms with E-state index in [0.29, 0.717) is 12.8 Å². The molecule has 0 radical (unpaired) electrons. The number of amides is 1. The van der Waals surface area contributed by atoms with E-state index in [0.717, 1.165) is 22.9 Å². The number of thiol groups is 1. The molecule has 7 nitrogen and oxygen atoms in total. The lowest BCUT2D eigenvalue weighted by atomic mass is 9.94. The third-order valence-corrected chi connectivity index (χ3v) is 5.82. The molecule has 0 fully saturated rings. The smallest absolute Gasteiger partial charge is 0.306 e. The number of H-pyrrole nitrogens is 1. The van der Waals surface area contributed by atoms with E-state index in [2.05, 4.69) is 22.9 Å². The second-order valence-electron chi connectivity index (χ2n) is 8.07. The summed E-state index contributed by atoms with van der Waals surface area (Å²) in [5, 5.41) is 3.50. The summed E-state index contributed by atoms with van der Waals surface area (Å²) in [6, 6.07) is 7.19. The normalized spacial score (nSPS) is 14.3. The number of hydrogen-bond donors (Lipinski definition) is 3. The van der Waals surface area contributed by atoms with Crippen molar-refractivity contribution in [3.63, 3.8) is 0 Å². The van der Waals surface area contributed by atoms with Crippen LogP contribution in [-0.4, -0.2) is 66.6 Å². The van der Waals surface area contributed by atoms with E-state index in [9.17, 15) is 14.4 Å². The molecule has 0 saturated heterocycles. The van der Waals surface area contributed by atoms with Gasteiger partial charge in [-0.3, -0.25) is 14.4 Å². The maximum atomic E-state index is 13.2. The van der Waals surface area contributed by atoms with Crippen molar-refractivity contribution in [3.8, 4) is 0 Å². The molecule has 0 aliphatic rings. The lowest BCUT2D eigenvalue weighted by Crippen LogP contribution is -2.49. The number of para-hydroxylation sites is 1. The van der Waals surface area contributed by atoms with Gasteiger partial charge in [-0.1, -0.05) is 31.5 Å². The molecule has 1 heterocycles. The van der Waals surface area contributed by atoms with Crippen molar-refractivity contribution in [1.82, 2.24) is 15.2 Å². The van der Waals surface area contributed by atoms with Gasteiger partial charge in [0.25, 0.3) is 0 Å². The van der Waals surface area contributed by atoms with Gasteiger partial charge in [-0.2, -0.15) is 12.6 Å². The van der Waals surface area contributed by atoms with E-state index < -0.39 is 23.2 Å². The third-order valence-electron chi connectivity index (χ3n) is 5.28. The van der Waals surface area contributed by atoms with Crippen molar-refractivity contribution in [3.05, 3.63) is 36.0 Å². The second-order valence-corrected chi connectivity index (χ2v) is 8.73. The number of fused-ring (bicyclic) bond motifs is 1. The van der Waals surface area contributed by atoms with Crippen LogP contribution in [0.25, 0.3) is 10.9 Å². The number of likely N-dealkylation sites (N-methyl/N-ethyl adjacent to an activating group) is 1. The zero-order valence-electron chi connectivity index (χ0n) is 18.7. The first-order valence-corrected chi connectivity index (χ1v) is 11.1. The molecule has 1 aromatic heterocycles. The Bertz CT molecular complexity index is 896. The van der Waals surface area contributed by atoms with Crippen molar-refractivity contribution in [1.29, 1.82) is 0 Å². The molecule has 0 spiro atoms. The van der Waals surface area contributed by atoms with Crippen molar-refractivity contribution in [2.75, 3.05) is 27.7 Å². The first-order chi connectivity index (χ1) is 14.8. The summed E-state index contributed by atoms with van der Waals surface area (Å²) >= 11 is 4.50. The number of esters is 1. The molecule has 2 N–H and O–H groups in total. The van der Waals surface area contributed by atoms with Crippen molar-refractivity contribution < 1.29 is 19.1 Å². The number of aromatic nitrogens is 1. The van der Waals surface area contributed by atoms with Gasteiger partial charge in [0.2, 0.25) is 5.91 Å². The van der Waals surface area contributed by atoms with Gasteiger partial charge in [-0.25, -0.2) is 0 Å². The molecule has 8 heteroatoms. The summed E-state index contributed by atoms with van der Waals surface area (Å²) in [6.45, 7) is 2.19. The Balaban J connectivity index is 2.23. The largest absolute Gasteiger partial charge is 0.469 e.